The van der Waals surface area contributed by atoms with E-state index in [9.17, 15) is 9.59 Å². The summed E-state index contributed by atoms with van der Waals surface area (Å²) in [5.41, 5.74) is 1.59. The van der Waals surface area contributed by atoms with Crippen LogP contribution < -0.4 is 38.5 Å². The topological polar surface area (TPSA) is 111 Å². The fourth-order valence-electron chi connectivity index (χ4n) is 3.87. The Hall–Kier alpha value is -4.86. The van der Waals surface area contributed by atoms with Gasteiger partial charge >= 0.3 is 0 Å². The van der Waals surface area contributed by atoms with E-state index >= 15 is 0 Å². The molecule has 0 aromatic heterocycles. The third-order valence-corrected chi connectivity index (χ3v) is 5.76. The van der Waals surface area contributed by atoms with Crippen molar-refractivity contribution >= 4 is 23.5 Å². The Morgan fingerprint density at radius 2 is 1.08 bits per heavy atom. The highest BCUT2D eigenvalue weighted by atomic mass is 16.5. The summed E-state index contributed by atoms with van der Waals surface area (Å²) in [4.78, 5) is 26.2. The Bertz CT molecular complexity index is 1330. The van der Waals surface area contributed by atoms with Crippen LogP contribution in [0, 0.1) is 0 Å². The highest BCUT2D eigenvalue weighted by Crippen LogP contribution is 2.40. The third-order valence-electron chi connectivity index (χ3n) is 5.76. The van der Waals surface area contributed by atoms with Gasteiger partial charge in [-0.15, -0.1) is 0 Å². The minimum absolute atomic E-state index is 0.314. The first-order valence-electron chi connectivity index (χ1n) is 11.7. The van der Waals surface area contributed by atoms with Gasteiger partial charge in [0, 0.05) is 17.2 Å². The molecule has 0 saturated carbocycles. The van der Waals surface area contributed by atoms with Gasteiger partial charge < -0.3 is 38.5 Å². The van der Waals surface area contributed by atoms with Gasteiger partial charge in [-0.25, -0.2) is 0 Å². The monoisotopic (exact) mass is 537 g/mol. The zero-order valence-electron chi connectivity index (χ0n) is 22.9. The number of carbonyl (C=O) groups excluding carboxylic acids is 2. The van der Waals surface area contributed by atoms with E-state index in [2.05, 4.69) is 5.32 Å². The molecule has 0 fully saturated rings. The number of benzene rings is 3. The molecule has 3 rings (SSSR count). The number of carbonyl (C=O) groups is 2. The summed E-state index contributed by atoms with van der Waals surface area (Å²) in [6.45, 7) is 0. The number of anilines is 1. The van der Waals surface area contributed by atoms with Gasteiger partial charge in [-0.05, 0) is 54.1 Å². The van der Waals surface area contributed by atoms with Gasteiger partial charge in [0.2, 0.25) is 17.4 Å². The lowest BCUT2D eigenvalue weighted by Crippen LogP contribution is -2.11. The van der Waals surface area contributed by atoms with Crippen molar-refractivity contribution in [1.82, 2.24) is 0 Å². The first kappa shape index (κ1) is 28.7. The molecule has 0 aliphatic carbocycles. The van der Waals surface area contributed by atoms with Crippen LogP contribution in [0.5, 0.6) is 40.2 Å². The standard InChI is InChI=1S/C29H31NO9/c1-33-21-10-9-18(27(32)19-15-24(36-4)29(39-7)25(16-19)37-5)14-20(21)30-26(31)11-8-17-12-22(34-2)28(38-6)23(13-17)35-3/h8-16H,1-7H3,(H,30,31)/b11-8+. The maximum absolute atomic E-state index is 13.4. The number of ketones is 1. The molecule has 0 bridgehead atoms. The van der Waals surface area contributed by atoms with E-state index in [1.807, 2.05) is 0 Å². The van der Waals surface area contributed by atoms with Gasteiger partial charge in [0.25, 0.3) is 0 Å². The lowest BCUT2D eigenvalue weighted by Gasteiger charge is -2.14. The van der Waals surface area contributed by atoms with Crippen molar-refractivity contribution in [2.75, 3.05) is 55.1 Å². The number of hydrogen-bond donors (Lipinski definition) is 1. The molecule has 0 spiro atoms. The van der Waals surface area contributed by atoms with Crippen LogP contribution in [0.1, 0.15) is 21.5 Å². The molecule has 1 N–H and O–H groups in total. The smallest absolute Gasteiger partial charge is 0.248 e. The fourth-order valence-corrected chi connectivity index (χ4v) is 3.87. The van der Waals surface area contributed by atoms with E-state index in [4.69, 9.17) is 33.2 Å². The van der Waals surface area contributed by atoms with Crippen LogP contribution in [0.15, 0.2) is 48.5 Å². The molecule has 1 amide bonds. The van der Waals surface area contributed by atoms with Gasteiger partial charge in [0.15, 0.2) is 28.8 Å². The normalized spacial score (nSPS) is 10.5. The van der Waals surface area contributed by atoms with Crippen LogP contribution in [-0.4, -0.2) is 61.5 Å². The first-order valence-corrected chi connectivity index (χ1v) is 11.7. The molecular formula is C29H31NO9. The molecule has 3 aromatic rings. The Kier molecular flexibility index (Phi) is 9.63. The highest BCUT2D eigenvalue weighted by molar-refractivity contribution is 6.11. The summed E-state index contributed by atoms with van der Waals surface area (Å²) in [7, 11) is 10.4. The van der Waals surface area contributed by atoms with Crippen LogP contribution in [0.4, 0.5) is 5.69 Å². The van der Waals surface area contributed by atoms with Crippen molar-refractivity contribution in [3.63, 3.8) is 0 Å². The predicted molar refractivity (Wildman–Crippen MR) is 146 cm³/mol. The molecule has 0 unspecified atom stereocenters. The minimum Gasteiger partial charge on any atom is -0.495 e. The largest absolute Gasteiger partial charge is 0.495 e. The van der Waals surface area contributed by atoms with E-state index in [-0.39, 0.29) is 5.78 Å². The Balaban J connectivity index is 1.89. The molecule has 10 heteroatoms. The highest BCUT2D eigenvalue weighted by Gasteiger charge is 2.20. The van der Waals surface area contributed by atoms with Gasteiger partial charge in [-0.3, -0.25) is 9.59 Å². The molecule has 0 aliphatic heterocycles. The summed E-state index contributed by atoms with van der Waals surface area (Å²) in [5.74, 6) is 2.04. The number of amides is 1. The van der Waals surface area contributed by atoms with Crippen molar-refractivity contribution in [1.29, 1.82) is 0 Å². The number of rotatable bonds is 12. The number of ether oxygens (including phenoxy) is 7. The average Bonchev–Trinajstić information content (AvgIpc) is 2.97. The summed E-state index contributed by atoms with van der Waals surface area (Å²) >= 11 is 0. The van der Waals surface area contributed by atoms with Crippen molar-refractivity contribution < 1.29 is 42.7 Å². The minimum atomic E-state index is -0.445. The van der Waals surface area contributed by atoms with Gasteiger partial charge in [-0.1, -0.05) is 0 Å². The molecule has 3 aromatic carbocycles. The van der Waals surface area contributed by atoms with Crippen LogP contribution in [-0.2, 0) is 4.79 Å². The average molecular weight is 538 g/mol. The van der Waals surface area contributed by atoms with Crippen molar-refractivity contribution in [2.24, 2.45) is 0 Å². The molecule has 206 valence electrons. The van der Waals surface area contributed by atoms with E-state index in [1.54, 1.807) is 42.5 Å². The molecule has 0 saturated heterocycles. The zero-order chi connectivity index (χ0) is 28.5. The van der Waals surface area contributed by atoms with Crippen molar-refractivity contribution in [3.8, 4) is 40.2 Å². The second-order valence-electron chi connectivity index (χ2n) is 7.94. The summed E-state index contributed by atoms with van der Waals surface area (Å²) in [6, 6.07) is 11.3. The number of methoxy groups -OCH3 is 7. The predicted octanol–water partition coefficient (Wildman–Crippen LogP) is 4.63. The maximum atomic E-state index is 13.4. The van der Waals surface area contributed by atoms with Gasteiger partial charge in [-0.2, -0.15) is 0 Å². The van der Waals surface area contributed by atoms with Crippen LogP contribution in [0.3, 0.4) is 0 Å². The third kappa shape index (κ3) is 6.35. The Morgan fingerprint density at radius 1 is 0.590 bits per heavy atom. The second-order valence-corrected chi connectivity index (χ2v) is 7.94. The summed E-state index contributed by atoms with van der Waals surface area (Å²) in [5, 5.41) is 2.76. The molecule has 0 radical (unpaired) electrons. The fraction of sp³-hybridized carbons (Fsp3) is 0.241. The van der Waals surface area contributed by atoms with Crippen LogP contribution >= 0.6 is 0 Å². The first-order chi connectivity index (χ1) is 18.8. The maximum Gasteiger partial charge on any atom is 0.248 e. The quantitative estimate of drug-likeness (QED) is 0.261. The molecule has 0 aliphatic rings. The molecule has 39 heavy (non-hydrogen) atoms. The lowest BCUT2D eigenvalue weighted by molar-refractivity contribution is -0.111. The molecular weight excluding hydrogens is 506 g/mol. The van der Waals surface area contributed by atoms with Crippen molar-refractivity contribution in [3.05, 3.63) is 65.2 Å². The molecule has 0 atom stereocenters. The lowest BCUT2D eigenvalue weighted by atomic mass is 10.0. The van der Waals surface area contributed by atoms with E-state index in [0.717, 1.165) is 0 Å². The summed E-state index contributed by atoms with van der Waals surface area (Å²) < 4.78 is 37.5. The number of nitrogens with one attached hydrogen (secondary N) is 1. The molecule has 10 nitrogen and oxygen atoms in total. The van der Waals surface area contributed by atoms with E-state index in [1.165, 1.54) is 61.9 Å². The molecule has 0 heterocycles. The summed E-state index contributed by atoms with van der Waals surface area (Å²) in [6.07, 6.45) is 2.94. The SMILES string of the molecule is COc1ccc(C(=O)c2cc(OC)c(OC)c(OC)c2)cc1NC(=O)/C=C/c1cc(OC)c(OC)c(OC)c1. The second kappa shape index (κ2) is 13.1. The van der Waals surface area contributed by atoms with Gasteiger partial charge in [0.05, 0.1) is 55.5 Å². The zero-order valence-corrected chi connectivity index (χ0v) is 22.9. The van der Waals surface area contributed by atoms with Gasteiger partial charge in [0.1, 0.15) is 5.75 Å². The Morgan fingerprint density at radius 3 is 1.54 bits per heavy atom. The van der Waals surface area contributed by atoms with E-state index < -0.39 is 5.91 Å². The van der Waals surface area contributed by atoms with Crippen molar-refractivity contribution in [2.45, 2.75) is 0 Å². The Labute approximate surface area is 227 Å². The van der Waals surface area contributed by atoms with Crippen LogP contribution in [0.2, 0.25) is 0 Å². The van der Waals surface area contributed by atoms with Crippen LogP contribution in [0.25, 0.3) is 6.08 Å². The van der Waals surface area contributed by atoms with E-state index in [0.29, 0.717) is 62.6 Å². The number of hydrogen-bond acceptors (Lipinski definition) is 9.